The average Bonchev–Trinajstić information content (AvgIpc) is 2.78. The van der Waals surface area contributed by atoms with Gasteiger partial charge >= 0.3 is 0 Å². The van der Waals surface area contributed by atoms with Gasteiger partial charge < -0.3 is 15.5 Å². The highest BCUT2D eigenvalue weighted by Gasteiger charge is 2.37. The zero-order valence-electron chi connectivity index (χ0n) is 20.0. The Morgan fingerprint density at radius 1 is 1.00 bits per heavy atom. The molecule has 1 aliphatic rings. The summed E-state index contributed by atoms with van der Waals surface area (Å²) in [7, 11) is 4.28. The molecule has 2 aromatic rings. The highest BCUT2D eigenvalue weighted by atomic mass is 35.5. The summed E-state index contributed by atoms with van der Waals surface area (Å²) >= 11 is 6.19. The molecular weight excluding hydrogens is 434 g/mol. The molecular formula is C27H36ClN3O2. The van der Waals surface area contributed by atoms with Crippen molar-refractivity contribution in [3.8, 4) is 0 Å². The minimum atomic E-state index is -0.0940. The number of carbonyl (C=O) groups is 2. The first kappa shape index (κ1) is 25.3. The van der Waals surface area contributed by atoms with Gasteiger partial charge in [-0.15, -0.1) is 0 Å². The number of benzene rings is 2. The summed E-state index contributed by atoms with van der Waals surface area (Å²) in [6.45, 7) is 2.52. The maximum Gasteiger partial charge on any atom is 0.220 e. The second-order valence-corrected chi connectivity index (χ2v) is 9.97. The molecule has 0 bridgehead atoms. The summed E-state index contributed by atoms with van der Waals surface area (Å²) in [6.07, 6.45) is 5.26. The van der Waals surface area contributed by atoms with E-state index in [9.17, 15) is 9.59 Å². The Morgan fingerprint density at radius 2 is 1.67 bits per heavy atom. The molecule has 0 radical (unpaired) electrons. The minimum Gasteiger partial charge on any atom is -0.353 e. The fourth-order valence-electron chi connectivity index (χ4n) is 4.75. The lowest BCUT2D eigenvalue weighted by atomic mass is 9.75. The Hall–Kier alpha value is -2.37. The highest BCUT2D eigenvalue weighted by molar-refractivity contribution is 6.30. The molecule has 1 aliphatic carbocycles. The zero-order valence-corrected chi connectivity index (χ0v) is 20.8. The Labute approximate surface area is 202 Å². The van der Waals surface area contributed by atoms with Crippen LogP contribution in [0.15, 0.2) is 48.5 Å². The number of carbonyl (C=O) groups excluding carboxylic acids is 2. The molecule has 0 atom stereocenters. The number of likely N-dealkylation sites (N-methyl/N-ethyl adjacent to an activating group) is 1. The van der Waals surface area contributed by atoms with E-state index < -0.39 is 0 Å². The first-order chi connectivity index (χ1) is 15.8. The van der Waals surface area contributed by atoms with Crippen LogP contribution in [0.3, 0.4) is 0 Å². The molecule has 1 saturated carbocycles. The third kappa shape index (κ3) is 7.58. The van der Waals surface area contributed by atoms with E-state index in [0.29, 0.717) is 6.54 Å². The van der Waals surface area contributed by atoms with E-state index in [1.165, 1.54) is 11.1 Å². The summed E-state index contributed by atoms with van der Waals surface area (Å²) in [4.78, 5) is 26.9. The Kier molecular flexibility index (Phi) is 8.93. The van der Waals surface area contributed by atoms with Crippen LogP contribution in [-0.4, -0.2) is 42.4 Å². The fourth-order valence-corrected chi connectivity index (χ4v) is 4.96. The quantitative estimate of drug-likeness (QED) is 0.562. The summed E-state index contributed by atoms with van der Waals surface area (Å²) in [6, 6.07) is 16.3. The molecule has 33 heavy (non-hydrogen) atoms. The predicted molar refractivity (Wildman–Crippen MR) is 134 cm³/mol. The van der Waals surface area contributed by atoms with Gasteiger partial charge in [-0.25, -0.2) is 0 Å². The summed E-state index contributed by atoms with van der Waals surface area (Å²) < 4.78 is 0. The van der Waals surface area contributed by atoms with Crippen LogP contribution in [-0.2, 0) is 22.6 Å². The molecule has 0 spiro atoms. The topological polar surface area (TPSA) is 61.4 Å². The van der Waals surface area contributed by atoms with Crippen molar-refractivity contribution in [1.29, 1.82) is 0 Å². The molecule has 0 saturated heterocycles. The van der Waals surface area contributed by atoms with Crippen molar-refractivity contribution in [2.45, 2.75) is 70.0 Å². The standard InChI is InChI=1S/C27H36ClN3O2/c1-20-6-4-8-22(16-20)19-29-25(32)10-11-26(33)30-24-12-14-27(15-13-24,31(2)3)18-21-7-5-9-23(28)17-21/h4-9,16-17,24H,10-15,18-19H2,1-3H3,(H,29,32)(H,30,33). The van der Waals surface area contributed by atoms with Crippen molar-refractivity contribution in [2.24, 2.45) is 0 Å². The van der Waals surface area contributed by atoms with E-state index in [4.69, 9.17) is 11.6 Å². The van der Waals surface area contributed by atoms with E-state index in [1.807, 2.05) is 43.3 Å². The van der Waals surface area contributed by atoms with Gasteiger partial charge in [0.1, 0.15) is 0 Å². The lowest BCUT2D eigenvalue weighted by Crippen LogP contribution is -2.52. The highest BCUT2D eigenvalue weighted by Crippen LogP contribution is 2.35. The summed E-state index contributed by atoms with van der Waals surface area (Å²) in [5, 5.41) is 6.82. The van der Waals surface area contributed by atoms with Crippen molar-refractivity contribution in [1.82, 2.24) is 15.5 Å². The number of amides is 2. The molecule has 2 aromatic carbocycles. The molecule has 2 amide bonds. The molecule has 2 N–H and O–H groups in total. The smallest absolute Gasteiger partial charge is 0.220 e. The fraction of sp³-hybridized carbons (Fsp3) is 0.481. The predicted octanol–water partition coefficient (Wildman–Crippen LogP) is 4.65. The largest absolute Gasteiger partial charge is 0.353 e. The molecule has 3 rings (SSSR count). The number of nitrogens with one attached hydrogen (secondary N) is 2. The molecule has 0 heterocycles. The van der Waals surface area contributed by atoms with Gasteiger partial charge in [0.2, 0.25) is 11.8 Å². The summed E-state index contributed by atoms with van der Waals surface area (Å²) in [5.74, 6) is -0.138. The third-order valence-corrected chi connectivity index (χ3v) is 7.04. The monoisotopic (exact) mass is 469 g/mol. The number of aryl methyl sites for hydroxylation is 1. The lowest BCUT2D eigenvalue weighted by Gasteiger charge is -2.45. The molecule has 0 aromatic heterocycles. The van der Waals surface area contributed by atoms with Crippen molar-refractivity contribution >= 4 is 23.4 Å². The van der Waals surface area contributed by atoms with Crippen LogP contribution >= 0.6 is 11.6 Å². The SMILES string of the molecule is Cc1cccc(CNC(=O)CCC(=O)NC2CCC(Cc3cccc(Cl)c3)(N(C)C)CC2)c1. The second kappa shape index (κ2) is 11.7. The second-order valence-electron chi connectivity index (χ2n) is 9.53. The van der Waals surface area contributed by atoms with E-state index >= 15 is 0 Å². The molecule has 0 aliphatic heterocycles. The molecule has 5 nitrogen and oxygen atoms in total. The Bertz CT molecular complexity index is 952. The molecule has 0 unspecified atom stereocenters. The van der Waals surface area contributed by atoms with Gasteiger partial charge in [0, 0.05) is 36.0 Å². The van der Waals surface area contributed by atoms with Crippen LogP contribution in [0, 0.1) is 6.92 Å². The number of hydrogen-bond donors (Lipinski definition) is 2. The minimum absolute atomic E-state index is 0.0436. The number of halogens is 1. The van der Waals surface area contributed by atoms with Gasteiger partial charge in [0.15, 0.2) is 0 Å². The van der Waals surface area contributed by atoms with Crippen LogP contribution < -0.4 is 10.6 Å². The van der Waals surface area contributed by atoms with Crippen molar-refractivity contribution in [2.75, 3.05) is 14.1 Å². The van der Waals surface area contributed by atoms with Gasteiger partial charge in [-0.05, 0) is 76.4 Å². The van der Waals surface area contributed by atoms with E-state index in [2.05, 4.69) is 41.8 Å². The normalized spacial score (nSPS) is 20.5. The van der Waals surface area contributed by atoms with Crippen molar-refractivity contribution in [3.05, 3.63) is 70.2 Å². The molecule has 178 valence electrons. The average molecular weight is 470 g/mol. The van der Waals surface area contributed by atoms with Crippen molar-refractivity contribution in [3.63, 3.8) is 0 Å². The van der Waals surface area contributed by atoms with E-state index in [1.54, 1.807) is 0 Å². The van der Waals surface area contributed by atoms with E-state index in [-0.39, 0.29) is 36.2 Å². The van der Waals surface area contributed by atoms with Crippen molar-refractivity contribution < 1.29 is 9.59 Å². The van der Waals surface area contributed by atoms with Gasteiger partial charge in [-0.1, -0.05) is 53.6 Å². The lowest BCUT2D eigenvalue weighted by molar-refractivity contribution is -0.127. The van der Waals surface area contributed by atoms with Crippen LogP contribution in [0.2, 0.25) is 5.02 Å². The summed E-state index contributed by atoms with van der Waals surface area (Å²) in [5.41, 5.74) is 3.55. The van der Waals surface area contributed by atoms with Gasteiger partial charge in [-0.3, -0.25) is 9.59 Å². The van der Waals surface area contributed by atoms with Gasteiger partial charge in [-0.2, -0.15) is 0 Å². The van der Waals surface area contributed by atoms with Crippen LogP contribution in [0.25, 0.3) is 0 Å². The van der Waals surface area contributed by atoms with E-state index in [0.717, 1.165) is 42.7 Å². The Morgan fingerprint density at radius 3 is 2.33 bits per heavy atom. The van der Waals surface area contributed by atoms with Gasteiger partial charge in [0.25, 0.3) is 0 Å². The number of nitrogens with zero attached hydrogens (tertiary/aromatic N) is 1. The third-order valence-electron chi connectivity index (χ3n) is 6.80. The maximum atomic E-state index is 12.4. The molecule has 6 heteroatoms. The number of hydrogen-bond acceptors (Lipinski definition) is 3. The van der Waals surface area contributed by atoms with Crippen LogP contribution in [0.5, 0.6) is 0 Å². The Balaban J connectivity index is 1.41. The van der Waals surface area contributed by atoms with Gasteiger partial charge in [0.05, 0.1) is 0 Å². The first-order valence-corrected chi connectivity index (χ1v) is 12.2. The number of rotatable bonds is 9. The zero-order chi connectivity index (χ0) is 23.8. The first-order valence-electron chi connectivity index (χ1n) is 11.8. The maximum absolute atomic E-state index is 12.4. The molecule has 1 fully saturated rings. The van der Waals surface area contributed by atoms with Crippen LogP contribution in [0.1, 0.15) is 55.2 Å². The van der Waals surface area contributed by atoms with Crippen LogP contribution in [0.4, 0.5) is 0 Å².